The van der Waals surface area contributed by atoms with Crippen LogP contribution in [-0.4, -0.2) is 54.5 Å². The molecule has 0 radical (unpaired) electrons. The second-order valence-corrected chi connectivity index (χ2v) is 10.5. The SMILES string of the molecule is COCC(=O)Nc1cc(N2C(=S)N[C@H](c3ccccn3)[C@H]2c2cc(C)n(-c3cccc(C(=O)OC)c3)c2C)ccc1OC. The number of benzene rings is 2. The Morgan fingerprint density at radius 3 is 2.51 bits per heavy atom. The Kier molecular flexibility index (Phi) is 8.74. The summed E-state index contributed by atoms with van der Waals surface area (Å²) in [6.07, 6.45) is 1.76. The van der Waals surface area contributed by atoms with E-state index in [1.165, 1.54) is 14.2 Å². The van der Waals surface area contributed by atoms with Gasteiger partial charge in [0.05, 0.1) is 43.2 Å². The fourth-order valence-corrected chi connectivity index (χ4v) is 5.93. The van der Waals surface area contributed by atoms with Crippen LogP contribution in [0.5, 0.6) is 5.75 Å². The van der Waals surface area contributed by atoms with Crippen molar-refractivity contribution in [2.75, 3.05) is 38.2 Å². The second-order valence-electron chi connectivity index (χ2n) is 10.1. The molecule has 0 spiro atoms. The zero-order chi connectivity index (χ0) is 30.7. The average molecular weight is 600 g/mol. The predicted octanol–water partition coefficient (Wildman–Crippen LogP) is 5.05. The third-order valence-electron chi connectivity index (χ3n) is 7.42. The third kappa shape index (κ3) is 5.81. The molecule has 1 fully saturated rings. The summed E-state index contributed by atoms with van der Waals surface area (Å²) in [6.45, 7) is 3.98. The predicted molar refractivity (Wildman–Crippen MR) is 168 cm³/mol. The molecule has 3 heterocycles. The molecule has 0 aliphatic carbocycles. The molecule has 1 aliphatic rings. The molecule has 2 aromatic carbocycles. The molecule has 4 aromatic rings. The van der Waals surface area contributed by atoms with E-state index in [9.17, 15) is 9.59 Å². The van der Waals surface area contributed by atoms with E-state index in [4.69, 9.17) is 26.4 Å². The summed E-state index contributed by atoms with van der Waals surface area (Å²) >= 11 is 5.94. The Bertz CT molecular complexity index is 1670. The standard InChI is InChI=1S/C32H33N5O5S/c1-19-15-24(20(2)36(19)22-10-8-9-21(16-22)31(39)42-5)30-29(25-11-6-7-14-33-25)35-32(43)37(30)23-12-13-27(41-4)26(17-23)34-28(38)18-40-3/h6-17,29-30H,18H2,1-5H3,(H,34,38)(H,35,43)/t29-,30-/m1/s1. The van der Waals surface area contributed by atoms with Crippen molar-refractivity contribution in [3.05, 3.63) is 101 Å². The number of esters is 1. The van der Waals surface area contributed by atoms with Crippen molar-refractivity contribution in [1.82, 2.24) is 14.9 Å². The van der Waals surface area contributed by atoms with Gasteiger partial charge in [-0.3, -0.25) is 9.78 Å². The van der Waals surface area contributed by atoms with Crippen LogP contribution in [0.15, 0.2) is 72.9 Å². The van der Waals surface area contributed by atoms with Gasteiger partial charge in [-0.2, -0.15) is 0 Å². The first kappa shape index (κ1) is 29.7. The third-order valence-corrected chi connectivity index (χ3v) is 7.74. The van der Waals surface area contributed by atoms with Crippen molar-refractivity contribution in [2.24, 2.45) is 0 Å². The van der Waals surface area contributed by atoms with Gasteiger partial charge < -0.3 is 34.3 Å². The summed E-state index contributed by atoms with van der Waals surface area (Å²) < 4.78 is 17.6. The highest BCUT2D eigenvalue weighted by Crippen LogP contribution is 2.45. The molecule has 1 aliphatic heterocycles. The minimum Gasteiger partial charge on any atom is -0.495 e. The van der Waals surface area contributed by atoms with Crippen molar-refractivity contribution in [3.63, 3.8) is 0 Å². The molecule has 0 saturated carbocycles. The minimum absolute atomic E-state index is 0.0927. The molecule has 222 valence electrons. The number of hydrogen-bond acceptors (Lipinski definition) is 7. The van der Waals surface area contributed by atoms with Crippen LogP contribution < -0.4 is 20.3 Å². The van der Waals surface area contributed by atoms with Gasteiger partial charge in [-0.05, 0) is 86.2 Å². The molecule has 1 amide bonds. The van der Waals surface area contributed by atoms with Gasteiger partial charge in [0.2, 0.25) is 5.91 Å². The van der Waals surface area contributed by atoms with E-state index in [1.54, 1.807) is 25.4 Å². The van der Waals surface area contributed by atoms with Crippen LogP contribution >= 0.6 is 12.2 Å². The summed E-state index contributed by atoms with van der Waals surface area (Å²) in [6, 6.07) is 20.2. The number of aryl methyl sites for hydroxylation is 1. The summed E-state index contributed by atoms with van der Waals surface area (Å²) in [5.74, 6) is -0.197. The molecule has 43 heavy (non-hydrogen) atoms. The lowest BCUT2D eigenvalue weighted by molar-refractivity contribution is -0.119. The van der Waals surface area contributed by atoms with Crippen molar-refractivity contribution in [2.45, 2.75) is 25.9 Å². The molecule has 10 nitrogen and oxygen atoms in total. The van der Waals surface area contributed by atoms with Crippen LogP contribution in [0.3, 0.4) is 0 Å². The monoisotopic (exact) mass is 599 g/mol. The number of methoxy groups -OCH3 is 3. The van der Waals surface area contributed by atoms with Gasteiger partial charge in [-0.15, -0.1) is 0 Å². The molecule has 2 N–H and O–H groups in total. The maximum Gasteiger partial charge on any atom is 0.337 e. The highest BCUT2D eigenvalue weighted by Gasteiger charge is 2.42. The van der Waals surface area contributed by atoms with Gasteiger partial charge in [-0.1, -0.05) is 12.1 Å². The average Bonchev–Trinajstić information content (AvgIpc) is 3.51. The van der Waals surface area contributed by atoms with Crippen molar-refractivity contribution >= 4 is 40.6 Å². The number of pyridine rings is 1. The number of rotatable bonds is 9. The van der Waals surface area contributed by atoms with Crippen LogP contribution in [0.4, 0.5) is 11.4 Å². The molecule has 1 saturated heterocycles. The number of aromatic nitrogens is 2. The fourth-order valence-electron chi connectivity index (χ4n) is 5.58. The highest BCUT2D eigenvalue weighted by atomic mass is 32.1. The van der Waals surface area contributed by atoms with Gasteiger partial charge in [0.15, 0.2) is 5.11 Å². The van der Waals surface area contributed by atoms with Gasteiger partial charge in [0, 0.05) is 36.1 Å². The van der Waals surface area contributed by atoms with Gasteiger partial charge in [-0.25, -0.2) is 4.79 Å². The Hall–Kier alpha value is -4.74. The fraction of sp³-hybridized carbons (Fsp3) is 0.250. The lowest BCUT2D eigenvalue weighted by Gasteiger charge is -2.29. The first-order valence-electron chi connectivity index (χ1n) is 13.6. The summed E-state index contributed by atoms with van der Waals surface area (Å²) in [7, 11) is 4.38. The summed E-state index contributed by atoms with van der Waals surface area (Å²) in [4.78, 5) is 31.4. The Balaban J connectivity index is 1.64. The minimum atomic E-state index is -0.399. The normalized spacial score (nSPS) is 16.1. The molecule has 2 aromatic heterocycles. The molecule has 5 rings (SSSR count). The van der Waals surface area contributed by atoms with Crippen LogP contribution in [0.2, 0.25) is 0 Å². The number of amides is 1. The van der Waals surface area contributed by atoms with E-state index in [-0.39, 0.29) is 24.6 Å². The summed E-state index contributed by atoms with van der Waals surface area (Å²) in [5, 5.41) is 6.87. The molecule has 2 atom stereocenters. The first-order valence-corrected chi connectivity index (χ1v) is 14.0. The highest BCUT2D eigenvalue weighted by molar-refractivity contribution is 7.80. The van der Waals surface area contributed by atoms with Crippen LogP contribution in [0.1, 0.15) is 45.1 Å². The Morgan fingerprint density at radius 2 is 1.81 bits per heavy atom. The smallest absolute Gasteiger partial charge is 0.337 e. The molecular weight excluding hydrogens is 566 g/mol. The van der Waals surface area contributed by atoms with E-state index in [2.05, 4.69) is 26.3 Å². The first-order chi connectivity index (χ1) is 20.8. The maximum atomic E-state index is 12.4. The van der Waals surface area contributed by atoms with E-state index < -0.39 is 5.97 Å². The number of nitrogens with zero attached hydrogens (tertiary/aromatic N) is 3. The van der Waals surface area contributed by atoms with Crippen LogP contribution in [-0.2, 0) is 14.3 Å². The van der Waals surface area contributed by atoms with Crippen molar-refractivity contribution < 1.29 is 23.8 Å². The summed E-state index contributed by atoms with van der Waals surface area (Å²) in [5.41, 5.74) is 6.36. The number of hydrogen-bond donors (Lipinski definition) is 2. The molecule has 0 unspecified atom stereocenters. The number of nitrogens with one attached hydrogen (secondary N) is 2. The van der Waals surface area contributed by atoms with E-state index in [1.807, 2.05) is 67.3 Å². The number of carbonyl (C=O) groups is 2. The lowest BCUT2D eigenvalue weighted by Crippen LogP contribution is -2.29. The van der Waals surface area contributed by atoms with Gasteiger partial charge >= 0.3 is 5.97 Å². The maximum absolute atomic E-state index is 12.4. The topological polar surface area (TPSA) is 107 Å². The van der Waals surface area contributed by atoms with Crippen LogP contribution in [0, 0.1) is 13.8 Å². The van der Waals surface area contributed by atoms with Crippen LogP contribution in [0.25, 0.3) is 5.69 Å². The molecule has 11 heteroatoms. The number of carbonyl (C=O) groups excluding carboxylic acids is 2. The molecule has 0 bridgehead atoms. The zero-order valence-electron chi connectivity index (χ0n) is 24.6. The number of anilines is 2. The van der Waals surface area contributed by atoms with Crippen molar-refractivity contribution in [1.29, 1.82) is 0 Å². The molecular formula is C32H33N5O5S. The number of thiocarbonyl (C=S) groups is 1. The lowest BCUT2D eigenvalue weighted by atomic mass is 9.96. The second kappa shape index (κ2) is 12.6. The van der Waals surface area contributed by atoms with Gasteiger partial charge in [0.1, 0.15) is 12.4 Å². The quantitative estimate of drug-likeness (QED) is 0.202. The van der Waals surface area contributed by atoms with E-state index >= 15 is 0 Å². The van der Waals surface area contributed by atoms with Crippen molar-refractivity contribution in [3.8, 4) is 11.4 Å². The van der Waals surface area contributed by atoms with E-state index in [0.717, 1.165) is 34.0 Å². The van der Waals surface area contributed by atoms with E-state index in [0.29, 0.717) is 22.1 Å². The zero-order valence-corrected chi connectivity index (χ0v) is 25.4. The van der Waals surface area contributed by atoms with Gasteiger partial charge in [0.25, 0.3) is 0 Å². The Morgan fingerprint density at radius 1 is 1.00 bits per heavy atom. The largest absolute Gasteiger partial charge is 0.495 e. The Labute approximate surface area is 255 Å². The number of ether oxygens (including phenoxy) is 3.